The molecule has 0 saturated heterocycles. The molecular weight excluding hydrogens is 196 g/mol. The average molecular weight is 214 g/mol. The summed E-state index contributed by atoms with van der Waals surface area (Å²) < 4.78 is 15.0. The minimum absolute atomic E-state index is 0.223. The Morgan fingerprint density at radius 3 is 2.60 bits per heavy atom. The lowest BCUT2D eigenvalue weighted by Gasteiger charge is -2.10. The number of carbonyl (C=O) groups is 1. The van der Waals surface area contributed by atoms with Crippen molar-refractivity contribution in [2.45, 2.75) is 33.5 Å². The predicted molar refractivity (Wildman–Crippen MR) is 56.1 cm³/mol. The number of rotatable bonds is 6. The second kappa shape index (κ2) is 9.50. The number of carbonyl (C=O) groups excluding carboxylic acids is 1. The minimum atomic E-state index is -0.490. The Morgan fingerprint density at radius 1 is 1.27 bits per heavy atom. The maximum Gasteiger partial charge on any atom is 0.384 e. The topological polar surface area (TPSA) is 44.8 Å². The molecule has 0 aromatic heterocycles. The summed E-state index contributed by atoms with van der Waals surface area (Å²) >= 11 is 0. The summed E-state index contributed by atoms with van der Waals surface area (Å²) in [6, 6.07) is 0. The Labute approximate surface area is 90.9 Å². The molecule has 0 amide bonds. The van der Waals surface area contributed by atoms with Crippen LogP contribution in [0.1, 0.15) is 27.2 Å². The molecule has 1 atom stereocenters. The van der Waals surface area contributed by atoms with Crippen molar-refractivity contribution in [1.29, 1.82) is 0 Å². The molecule has 0 N–H and O–H groups in total. The van der Waals surface area contributed by atoms with Gasteiger partial charge in [-0.1, -0.05) is 5.92 Å². The van der Waals surface area contributed by atoms with E-state index in [1.165, 1.54) is 0 Å². The number of esters is 1. The van der Waals surface area contributed by atoms with Gasteiger partial charge in [-0.2, -0.15) is 0 Å². The van der Waals surface area contributed by atoms with Crippen LogP contribution in [0.15, 0.2) is 0 Å². The maximum atomic E-state index is 10.8. The van der Waals surface area contributed by atoms with E-state index < -0.39 is 5.97 Å². The third-order valence-electron chi connectivity index (χ3n) is 1.45. The molecule has 0 aromatic carbocycles. The van der Waals surface area contributed by atoms with Crippen LogP contribution in [0.2, 0.25) is 0 Å². The van der Waals surface area contributed by atoms with Gasteiger partial charge in [-0.3, -0.25) is 0 Å². The normalized spacial score (nSPS) is 11.4. The standard InChI is InChI=1S/C11H18O4/c1-4-13-10(3)15-9-7-6-8-11(12)14-5-2/h10H,4-5,7,9H2,1-3H3. The van der Waals surface area contributed by atoms with Gasteiger partial charge in [-0.15, -0.1) is 0 Å². The zero-order valence-corrected chi connectivity index (χ0v) is 9.54. The van der Waals surface area contributed by atoms with Crippen molar-refractivity contribution in [2.24, 2.45) is 0 Å². The van der Waals surface area contributed by atoms with Gasteiger partial charge in [-0.25, -0.2) is 4.79 Å². The van der Waals surface area contributed by atoms with Crippen LogP contribution in [0.3, 0.4) is 0 Å². The second-order valence-corrected chi connectivity index (χ2v) is 2.67. The van der Waals surface area contributed by atoms with Crippen LogP contribution in [0.4, 0.5) is 0 Å². The second-order valence-electron chi connectivity index (χ2n) is 2.67. The summed E-state index contributed by atoms with van der Waals surface area (Å²) in [5.74, 6) is 4.53. The van der Waals surface area contributed by atoms with E-state index in [0.717, 1.165) is 0 Å². The highest BCUT2D eigenvalue weighted by Crippen LogP contribution is 1.93. The van der Waals surface area contributed by atoms with Crippen LogP contribution < -0.4 is 0 Å². The van der Waals surface area contributed by atoms with Gasteiger partial charge in [0.1, 0.15) is 0 Å². The smallest absolute Gasteiger partial charge is 0.384 e. The number of ether oxygens (including phenoxy) is 3. The Morgan fingerprint density at radius 2 is 2.00 bits per heavy atom. The molecule has 4 nitrogen and oxygen atoms in total. The third kappa shape index (κ3) is 9.26. The molecule has 0 saturated carbocycles. The molecule has 0 bridgehead atoms. The summed E-state index contributed by atoms with van der Waals surface area (Å²) in [5, 5.41) is 0. The lowest BCUT2D eigenvalue weighted by Crippen LogP contribution is -2.13. The van der Waals surface area contributed by atoms with E-state index in [-0.39, 0.29) is 6.29 Å². The van der Waals surface area contributed by atoms with Crippen molar-refractivity contribution in [3.05, 3.63) is 0 Å². The number of hydrogen-bond acceptors (Lipinski definition) is 4. The van der Waals surface area contributed by atoms with E-state index in [9.17, 15) is 4.79 Å². The molecular formula is C11H18O4. The van der Waals surface area contributed by atoms with Crippen LogP contribution in [0, 0.1) is 11.8 Å². The molecule has 0 aliphatic heterocycles. The molecule has 86 valence electrons. The van der Waals surface area contributed by atoms with Crippen LogP contribution in [0.25, 0.3) is 0 Å². The maximum absolute atomic E-state index is 10.8. The van der Waals surface area contributed by atoms with Gasteiger partial charge < -0.3 is 14.2 Å². The fourth-order valence-electron chi connectivity index (χ4n) is 0.861. The molecule has 0 aliphatic rings. The van der Waals surface area contributed by atoms with Gasteiger partial charge in [-0.05, 0) is 20.8 Å². The van der Waals surface area contributed by atoms with Gasteiger partial charge in [0.2, 0.25) is 0 Å². The van der Waals surface area contributed by atoms with Crippen LogP contribution >= 0.6 is 0 Å². The van der Waals surface area contributed by atoms with E-state index in [2.05, 4.69) is 16.6 Å². The molecule has 0 aromatic rings. The summed E-state index contributed by atoms with van der Waals surface area (Å²) in [7, 11) is 0. The quantitative estimate of drug-likeness (QED) is 0.220. The highest BCUT2D eigenvalue weighted by atomic mass is 16.7. The summed E-state index contributed by atoms with van der Waals surface area (Å²) in [6.07, 6.45) is 0.273. The summed E-state index contributed by atoms with van der Waals surface area (Å²) in [4.78, 5) is 10.8. The molecule has 15 heavy (non-hydrogen) atoms. The van der Waals surface area contributed by atoms with Crippen LogP contribution in [-0.4, -0.2) is 32.1 Å². The first-order valence-corrected chi connectivity index (χ1v) is 5.09. The molecule has 1 unspecified atom stereocenters. The van der Waals surface area contributed by atoms with Crippen molar-refractivity contribution in [1.82, 2.24) is 0 Å². The van der Waals surface area contributed by atoms with Gasteiger partial charge in [0, 0.05) is 18.9 Å². The zero-order valence-electron chi connectivity index (χ0n) is 9.54. The van der Waals surface area contributed by atoms with Crippen molar-refractivity contribution >= 4 is 5.97 Å². The lowest BCUT2D eigenvalue weighted by molar-refractivity contribution is -0.136. The predicted octanol–water partition coefficient (Wildman–Crippen LogP) is 1.34. The SMILES string of the molecule is CCOC(=O)C#CCCOC(C)OCC. The summed E-state index contributed by atoms with van der Waals surface area (Å²) in [5.41, 5.74) is 0. The zero-order chi connectivity index (χ0) is 11.5. The van der Waals surface area contributed by atoms with Gasteiger partial charge in [0.15, 0.2) is 6.29 Å². The van der Waals surface area contributed by atoms with Crippen LogP contribution in [-0.2, 0) is 19.0 Å². The van der Waals surface area contributed by atoms with Gasteiger partial charge >= 0.3 is 5.97 Å². The lowest BCUT2D eigenvalue weighted by atomic mass is 10.4. The Balaban J connectivity index is 3.48. The molecule has 0 heterocycles. The Hall–Kier alpha value is -1.05. The Kier molecular flexibility index (Phi) is 8.84. The van der Waals surface area contributed by atoms with Crippen molar-refractivity contribution < 1.29 is 19.0 Å². The first kappa shape index (κ1) is 13.9. The summed E-state index contributed by atoms with van der Waals surface area (Å²) in [6.45, 7) is 6.89. The first-order valence-electron chi connectivity index (χ1n) is 5.09. The van der Waals surface area contributed by atoms with E-state index >= 15 is 0 Å². The molecule has 0 spiro atoms. The molecule has 0 radical (unpaired) electrons. The van der Waals surface area contributed by atoms with E-state index in [4.69, 9.17) is 9.47 Å². The fraction of sp³-hybridized carbons (Fsp3) is 0.727. The fourth-order valence-corrected chi connectivity index (χ4v) is 0.861. The average Bonchev–Trinajstić information content (AvgIpc) is 2.18. The van der Waals surface area contributed by atoms with E-state index in [1.54, 1.807) is 6.92 Å². The van der Waals surface area contributed by atoms with Crippen LogP contribution in [0.5, 0.6) is 0 Å². The highest BCUT2D eigenvalue weighted by Gasteiger charge is 1.98. The minimum Gasteiger partial charge on any atom is -0.456 e. The van der Waals surface area contributed by atoms with Gasteiger partial charge in [0.05, 0.1) is 13.2 Å². The van der Waals surface area contributed by atoms with E-state index in [1.807, 2.05) is 13.8 Å². The van der Waals surface area contributed by atoms with Crippen molar-refractivity contribution in [2.75, 3.05) is 19.8 Å². The van der Waals surface area contributed by atoms with Gasteiger partial charge in [0.25, 0.3) is 0 Å². The molecule has 0 aliphatic carbocycles. The Bertz CT molecular complexity index is 226. The number of hydrogen-bond donors (Lipinski definition) is 0. The molecule has 4 heteroatoms. The molecule has 0 fully saturated rings. The first-order chi connectivity index (χ1) is 7.20. The highest BCUT2D eigenvalue weighted by molar-refractivity contribution is 5.88. The van der Waals surface area contributed by atoms with Crippen molar-refractivity contribution in [3.63, 3.8) is 0 Å². The third-order valence-corrected chi connectivity index (χ3v) is 1.45. The molecule has 0 rings (SSSR count). The van der Waals surface area contributed by atoms with E-state index in [0.29, 0.717) is 26.2 Å². The van der Waals surface area contributed by atoms with Crippen molar-refractivity contribution in [3.8, 4) is 11.8 Å². The largest absolute Gasteiger partial charge is 0.456 e. The monoisotopic (exact) mass is 214 g/mol.